The van der Waals surface area contributed by atoms with Crippen LogP contribution in [0.2, 0.25) is 0 Å². The maximum Gasteiger partial charge on any atom is 0.452 e. The molecule has 0 unspecified atom stereocenters. The lowest BCUT2D eigenvalue weighted by molar-refractivity contribution is -0.145. The Balaban J connectivity index is 1.73. The normalized spacial score (nSPS) is 14.6. The zero-order valence-corrected chi connectivity index (χ0v) is 13.8. The average molecular weight is 360 g/mol. The van der Waals surface area contributed by atoms with Crippen molar-refractivity contribution in [3.63, 3.8) is 0 Å². The van der Waals surface area contributed by atoms with E-state index in [1.165, 1.54) is 12.3 Å². The van der Waals surface area contributed by atoms with Gasteiger partial charge < -0.3 is 5.32 Å². The second kappa shape index (κ2) is 5.82. The molecule has 1 N–H and O–H groups in total. The van der Waals surface area contributed by atoms with Crippen LogP contribution in [-0.2, 0) is 6.18 Å². The molecule has 4 rings (SSSR count). The summed E-state index contributed by atoms with van der Waals surface area (Å²) in [5.41, 5.74) is 2.98. The number of benzene rings is 1. The van der Waals surface area contributed by atoms with Gasteiger partial charge in [-0.2, -0.15) is 13.2 Å². The molecule has 3 aromatic rings. The largest absolute Gasteiger partial charge is 0.452 e. The summed E-state index contributed by atoms with van der Waals surface area (Å²) in [5, 5.41) is 9.78. The number of nitrogens with zero attached hydrogens (tertiary/aromatic N) is 3. The van der Waals surface area contributed by atoms with Crippen molar-refractivity contribution >= 4 is 11.6 Å². The molecule has 1 aliphatic rings. The molecule has 5 nitrogen and oxygen atoms in total. The number of aryl methyl sites for hydroxylation is 1. The van der Waals surface area contributed by atoms with E-state index in [4.69, 9.17) is 0 Å². The fraction of sp³-hybridized carbons (Fsp3) is 0.278. The van der Waals surface area contributed by atoms with Crippen LogP contribution in [0.3, 0.4) is 0 Å². The molecular formula is C18H15F3N4O. The van der Waals surface area contributed by atoms with Gasteiger partial charge in [0.25, 0.3) is 5.91 Å². The van der Waals surface area contributed by atoms with Crippen molar-refractivity contribution in [2.75, 3.05) is 0 Å². The van der Waals surface area contributed by atoms with Crippen molar-refractivity contribution in [3.05, 3.63) is 53.5 Å². The van der Waals surface area contributed by atoms with Crippen LogP contribution in [0.5, 0.6) is 0 Å². The van der Waals surface area contributed by atoms with Gasteiger partial charge in [-0.15, -0.1) is 10.2 Å². The fourth-order valence-electron chi connectivity index (χ4n) is 2.82. The van der Waals surface area contributed by atoms with E-state index in [9.17, 15) is 18.0 Å². The predicted octanol–water partition coefficient (Wildman–Crippen LogP) is 3.62. The highest BCUT2D eigenvalue weighted by Gasteiger charge is 2.36. The summed E-state index contributed by atoms with van der Waals surface area (Å²) in [5.74, 6) is -1.20. The summed E-state index contributed by atoms with van der Waals surface area (Å²) in [6.07, 6.45) is -1.29. The first-order valence-corrected chi connectivity index (χ1v) is 8.17. The second-order valence-corrected chi connectivity index (χ2v) is 6.44. The van der Waals surface area contributed by atoms with Crippen LogP contribution in [0, 0.1) is 6.92 Å². The maximum absolute atomic E-state index is 12.9. The zero-order valence-electron chi connectivity index (χ0n) is 13.8. The lowest BCUT2D eigenvalue weighted by Crippen LogP contribution is -2.25. The number of alkyl halides is 3. The van der Waals surface area contributed by atoms with E-state index in [2.05, 4.69) is 15.5 Å². The van der Waals surface area contributed by atoms with Gasteiger partial charge in [0.15, 0.2) is 5.65 Å². The maximum atomic E-state index is 12.9. The van der Waals surface area contributed by atoms with E-state index in [-0.39, 0.29) is 17.6 Å². The number of carbonyl (C=O) groups excluding carboxylic acids is 1. The number of fused-ring (bicyclic) bond motifs is 1. The first-order chi connectivity index (χ1) is 12.3. The number of pyridine rings is 1. The molecule has 2 aromatic heterocycles. The predicted molar refractivity (Wildman–Crippen MR) is 88.7 cm³/mol. The minimum atomic E-state index is -4.57. The summed E-state index contributed by atoms with van der Waals surface area (Å²) >= 11 is 0. The Bertz CT molecular complexity index is 1010. The van der Waals surface area contributed by atoms with Crippen molar-refractivity contribution in [3.8, 4) is 11.1 Å². The molecule has 1 fully saturated rings. The Morgan fingerprint density at radius 3 is 2.65 bits per heavy atom. The molecule has 0 saturated heterocycles. The highest BCUT2D eigenvalue weighted by Crippen LogP contribution is 2.30. The van der Waals surface area contributed by atoms with Crippen LogP contribution < -0.4 is 5.32 Å². The van der Waals surface area contributed by atoms with Crippen molar-refractivity contribution < 1.29 is 18.0 Å². The van der Waals surface area contributed by atoms with E-state index in [1.54, 1.807) is 18.2 Å². The molecule has 1 saturated carbocycles. The molecule has 134 valence electrons. The Hall–Kier alpha value is -2.90. The topological polar surface area (TPSA) is 59.3 Å². The number of hydrogen-bond acceptors (Lipinski definition) is 3. The molecule has 0 aliphatic heterocycles. The molecule has 26 heavy (non-hydrogen) atoms. The van der Waals surface area contributed by atoms with Crippen LogP contribution >= 0.6 is 0 Å². The van der Waals surface area contributed by atoms with Crippen molar-refractivity contribution in [1.82, 2.24) is 19.9 Å². The molecule has 2 heterocycles. The standard InChI is InChI=1S/C18H15F3N4O/c1-10-2-3-12(16(26)22-13-4-5-13)8-14(10)11-6-7-25-15(9-11)23-24-17(25)18(19,20)21/h2-3,6-9,13H,4-5H2,1H3,(H,22,26). The third kappa shape index (κ3) is 3.02. The lowest BCUT2D eigenvalue weighted by Gasteiger charge is -2.10. The van der Waals surface area contributed by atoms with Gasteiger partial charge in [-0.1, -0.05) is 6.07 Å². The van der Waals surface area contributed by atoms with E-state index < -0.39 is 12.0 Å². The fourth-order valence-corrected chi connectivity index (χ4v) is 2.82. The number of carbonyl (C=O) groups is 1. The van der Waals surface area contributed by atoms with Crippen molar-refractivity contribution in [1.29, 1.82) is 0 Å². The minimum Gasteiger partial charge on any atom is -0.349 e. The SMILES string of the molecule is Cc1ccc(C(=O)NC2CC2)cc1-c1ccn2c(C(F)(F)F)nnc2c1. The monoisotopic (exact) mass is 360 g/mol. The number of rotatable bonds is 3. The third-order valence-corrected chi connectivity index (χ3v) is 4.39. The Morgan fingerprint density at radius 2 is 1.96 bits per heavy atom. The second-order valence-electron chi connectivity index (χ2n) is 6.44. The summed E-state index contributed by atoms with van der Waals surface area (Å²) in [6.45, 7) is 1.88. The number of aromatic nitrogens is 3. The van der Waals surface area contributed by atoms with Crippen LogP contribution in [0.4, 0.5) is 13.2 Å². The summed E-state index contributed by atoms with van der Waals surface area (Å²) in [4.78, 5) is 12.3. The minimum absolute atomic E-state index is 0.0991. The first-order valence-electron chi connectivity index (χ1n) is 8.17. The number of amides is 1. The summed E-state index contributed by atoms with van der Waals surface area (Å²) in [6, 6.07) is 8.67. The molecule has 0 bridgehead atoms. The van der Waals surface area contributed by atoms with Gasteiger partial charge in [0.1, 0.15) is 0 Å². The van der Waals surface area contributed by atoms with Crippen LogP contribution in [0.25, 0.3) is 16.8 Å². The van der Waals surface area contributed by atoms with Crippen molar-refractivity contribution in [2.45, 2.75) is 32.0 Å². The highest BCUT2D eigenvalue weighted by atomic mass is 19.4. The zero-order chi connectivity index (χ0) is 18.5. The van der Waals surface area contributed by atoms with E-state index in [1.807, 2.05) is 13.0 Å². The molecule has 1 aliphatic carbocycles. The number of halogens is 3. The molecule has 1 aromatic carbocycles. The average Bonchev–Trinajstić information content (AvgIpc) is 3.28. The Labute approximate surface area is 146 Å². The molecule has 0 atom stereocenters. The van der Waals surface area contributed by atoms with E-state index >= 15 is 0 Å². The van der Waals surface area contributed by atoms with Crippen LogP contribution in [0.1, 0.15) is 34.6 Å². The Morgan fingerprint density at radius 1 is 1.19 bits per heavy atom. The molecular weight excluding hydrogens is 345 g/mol. The smallest absolute Gasteiger partial charge is 0.349 e. The molecule has 1 amide bonds. The lowest BCUT2D eigenvalue weighted by atomic mass is 9.98. The van der Waals surface area contributed by atoms with Gasteiger partial charge in [0, 0.05) is 17.8 Å². The van der Waals surface area contributed by atoms with E-state index in [0.717, 1.165) is 28.4 Å². The van der Waals surface area contributed by atoms with Gasteiger partial charge in [-0.05, 0) is 60.7 Å². The van der Waals surface area contributed by atoms with Gasteiger partial charge >= 0.3 is 6.18 Å². The highest BCUT2D eigenvalue weighted by molar-refractivity contribution is 5.96. The van der Waals surface area contributed by atoms with Crippen LogP contribution in [0.15, 0.2) is 36.5 Å². The van der Waals surface area contributed by atoms with Gasteiger partial charge in [-0.25, -0.2) is 0 Å². The first kappa shape index (κ1) is 16.6. The van der Waals surface area contributed by atoms with Gasteiger partial charge in [0.2, 0.25) is 5.82 Å². The van der Waals surface area contributed by atoms with Gasteiger partial charge in [0.05, 0.1) is 0 Å². The summed E-state index contributed by atoms with van der Waals surface area (Å²) < 4.78 is 39.7. The van der Waals surface area contributed by atoms with Crippen molar-refractivity contribution in [2.24, 2.45) is 0 Å². The Kier molecular flexibility index (Phi) is 3.71. The molecule has 0 radical (unpaired) electrons. The summed E-state index contributed by atoms with van der Waals surface area (Å²) in [7, 11) is 0. The number of nitrogens with one attached hydrogen (secondary N) is 1. The van der Waals surface area contributed by atoms with Crippen LogP contribution in [-0.4, -0.2) is 26.5 Å². The van der Waals surface area contributed by atoms with Gasteiger partial charge in [-0.3, -0.25) is 9.20 Å². The third-order valence-electron chi connectivity index (χ3n) is 4.39. The molecule has 8 heteroatoms. The number of hydrogen-bond donors (Lipinski definition) is 1. The quantitative estimate of drug-likeness (QED) is 0.776. The molecule has 0 spiro atoms. The van der Waals surface area contributed by atoms with E-state index in [0.29, 0.717) is 11.1 Å².